The molecule has 10 heavy (non-hydrogen) atoms. The molecule has 5 N–H and O–H groups in total. The van der Waals surface area contributed by atoms with E-state index in [-0.39, 0.29) is 12.4 Å². The molecule has 0 aliphatic heterocycles. The van der Waals surface area contributed by atoms with Crippen LogP contribution in [0.3, 0.4) is 0 Å². The molecule has 4 nitrogen and oxygen atoms in total. The molecule has 60 valence electrons. The monoisotopic (exact) mass is 166 g/mol. The Kier molecular flexibility index (Phi) is 2.65. The van der Waals surface area contributed by atoms with E-state index in [0.717, 1.165) is 0 Å². The third-order valence-corrected chi connectivity index (χ3v) is 1.64. The smallest absolute Gasteiger partial charge is 0.248 e. The van der Waals surface area contributed by atoms with Crippen molar-refractivity contribution in [3.63, 3.8) is 0 Å². The number of primary amides is 1. The molecule has 0 spiro atoms. The highest BCUT2D eigenvalue weighted by Gasteiger charge is 2.47. The summed E-state index contributed by atoms with van der Waals surface area (Å²) >= 11 is 0. The molecule has 5 heteroatoms. The van der Waals surface area contributed by atoms with Gasteiger partial charge in [0.25, 0.3) is 0 Å². The molecule has 0 aromatic heterocycles. The summed E-state index contributed by atoms with van der Waals surface area (Å²) < 4.78 is 0. The summed E-state index contributed by atoms with van der Waals surface area (Å²) in [5, 5.41) is 8.93. The van der Waals surface area contributed by atoms with Gasteiger partial charge in [0, 0.05) is 0 Å². The molecule has 0 saturated heterocycles. The molecule has 0 aromatic rings. The number of hydrogen-bond donors (Lipinski definition) is 3. The van der Waals surface area contributed by atoms with E-state index in [1.165, 1.54) is 0 Å². The minimum Gasteiger partial charge on any atom is -0.381 e. The normalized spacial score (nSPS) is 22.6. The Morgan fingerprint density at radius 2 is 2.00 bits per heavy atom. The molecule has 0 bridgehead atoms. The Balaban J connectivity index is 0.000000810. The highest BCUT2D eigenvalue weighted by Crippen LogP contribution is 2.35. The number of hydrogen-bond acceptors (Lipinski definition) is 3. The Bertz CT molecular complexity index is 147. The van der Waals surface area contributed by atoms with Crippen molar-refractivity contribution in [1.29, 1.82) is 0 Å². The fraction of sp³-hybridized carbons (Fsp3) is 0.800. The third-order valence-electron chi connectivity index (χ3n) is 1.64. The summed E-state index contributed by atoms with van der Waals surface area (Å²) in [6, 6.07) is 0. The van der Waals surface area contributed by atoms with Crippen LogP contribution < -0.4 is 11.5 Å². The number of aliphatic hydroxyl groups excluding tert-OH is 1. The first-order valence-electron chi connectivity index (χ1n) is 2.82. The lowest BCUT2D eigenvalue weighted by atomic mass is 10.1. The van der Waals surface area contributed by atoms with E-state index >= 15 is 0 Å². The molecule has 0 heterocycles. The molecule has 1 rings (SSSR count). The SMILES string of the molecule is Cl.NC(=O)C(O)C1(N)CC1. The first kappa shape index (κ1) is 9.68. The first-order valence-corrected chi connectivity index (χ1v) is 2.82. The maximum Gasteiger partial charge on any atom is 0.248 e. The van der Waals surface area contributed by atoms with E-state index in [1.54, 1.807) is 0 Å². The second kappa shape index (κ2) is 2.74. The summed E-state index contributed by atoms with van der Waals surface area (Å²) in [4.78, 5) is 10.3. The number of amides is 1. The summed E-state index contributed by atoms with van der Waals surface area (Å²) in [5.41, 5.74) is 9.54. The fourth-order valence-corrected chi connectivity index (χ4v) is 0.701. The molecule has 1 saturated carbocycles. The Labute approximate surface area is 65.0 Å². The number of carbonyl (C=O) groups is 1. The van der Waals surface area contributed by atoms with Crippen LogP contribution in [0.1, 0.15) is 12.8 Å². The molecule has 1 atom stereocenters. The van der Waals surface area contributed by atoms with Crippen molar-refractivity contribution in [3.05, 3.63) is 0 Å². The van der Waals surface area contributed by atoms with E-state index in [0.29, 0.717) is 12.8 Å². The topological polar surface area (TPSA) is 89.3 Å². The van der Waals surface area contributed by atoms with E-state index in [9.17, 15) is 4.79 Å². The Morgan fingerprint density at radius 3 is 2.10 bits per heavy atom. The van der Waals surface area contributed by atoms with Crippen LogP contribution in [0, 0.1) is 0 Å². The second-order valence-corrected chi connectivity index (χ2v) is 2.54. The predicted octanol–water partition coefficient (Wildman–Crippen LogP) is -1.25. The van der Waals surface area contributed by atoms with Crippen LogP contribution in [0.15, 0.2) is 0 Å². The van der Waals surface area contributed by atoms with Gasteiger partial charge in [0.15, 0.2) is 0 Å². The zero-order chi connectivity index (χ0) is 7.07. The molecule has 0 aromatic carbocycles. The molecule has 1 amide bonds. The van der Waals surface area contributed by atoms with Gasteiger partial charge in [0.2, 0.25) is 5.91 Å². The van der Waals surface area contributed by atoms with E-state index in [1.807, 2.05) is 0 Å². The van der Waals surface area contributed by atoms with Crippen molar-refractivity contribution in [2.45, 2.75) is 24.5 Å². The van der Waals surface area contributed by atoms with Crippen LogP contribution in [-0.2, 0) is 4.79 Å². The number of carbonyl (C=O) groups excluding carboxylic acids is 1. The van der Waals surface area contributed by atoms with Gasteiger partial charge in [-0.3, -0.25) is 4.79 Å². The quantitative estimate of drug-likeness (QED) is 0.479. The number of halogens is 1. The molecule has 1 aliphatic rings. The minimum absolute atomic E-state index is 0. The van der Waals surface area contributed by atoms with Crippen LogP contribution >= 0.6 is 12.4 Å². The fourth-order valence-electron chi connectivity index (χ4n) is 0.701. The highest BCUT2D eigenvalue weighted by atomic mass is 35.5. The maximum atomic E-state index is 10.3. The first-order chi connectivity index (χ1) is 4.06. The standard InChI is InChI=1S/C5H10N2O2.ClH/c6-4(9)3(8)5(7)1-2-5;/h3,8H,1-2,7H2,(H2,6,9);1H. The lowest BCUT2D eigenvalue weighted by Gasteiger charge is -2.12. The van der Waals surface area contributed by atoms with Gasteiger partial charge in [-0.2, -0.15) is 0 Å². The van der Waals surface area contributed by atoms with Gasteiger partial charge in [-0.05, 0) is 12.8 Å². The van der Waals surface area contributed by atoms with Gasteiger partial charge in [0.05, 0.1) is 5.54 Å². The van der Waals surface area contributed by atoms with Crippen molar-refractivity contribution in [2.75, 3.05) is 0 Å². The van der Waals surface area contributed by atoms with Gasteiger partial charge in [-0.25, -0.2) is 0 Å². The highest BCUT2D eigenvalue weighted by molar-refractivity contribution is 5.85. The number of nitrogens with two attached hydrogens (primary N) is 2. The van der Waals surface area contributed by atoms with E-state index < -0.39 is 17.6 Å². The third kappa shape index (κ3) is 1.59. The van der Waals surface area contributed by atoms with Crippen molar-refractivity contribution < 1.29 is 9.90 Å². The Morgan fingerprint density at radius 1 is 1.60 bits per heavy atom. The van der Waals surface area contributed by atoms with Crippen LogP contribution in [-0.4, -0.2) is 22.7 Å². The van der Waals surface area contributed by atoms with Crippen LogP contribution in [0.4, 0.5) is 0 Å². The lowest BCUT2D eigenvalue weighted by molar-refractivity contribution is -0.127. The summed E-state index contributed by atoms with van der Waals surface area (Å²) in [7, 11) is 0. The Hall–Kier alpha value is -0.320. The maximum absolute atomic E-state index is 10.3. The van der Waals surface area contributed by atoms with Gasteiger partial charge in [-0.15, -0.1) is 12.4 Å². The zero-order valence-corrected chi connectivity index (χ0v) is 6.23. The largest absolute Gasteiger partial charge is 0.381 e. The van der Waals surface area contributed by atoms with Gasteiger partial charge in [0.1, 0.15) is 6.10 Å². The van der Waals surface area contributed by atoms with Crippen molar-refractivity contribution in [3.8, 4) is 0 Å². The van der Waals surface area contributed by atoms with Gasteiger partial charge >= 0.3 is 0 Å². The van der Waals surface area contributed by atoms with Crippen molar-refractivity contribution in [2.24, 2.45) is 11.5 Å². The predicted molar refractivity (Wildman–Crippen MR) is 38.6 cm³/mol. The number of rotatable bonds is 2. The van der Waals surface area contributed by atoms with E-state index in [4.69, 9.17) is 16.6 Å². The molecular weight excluding hydrogens is 156 g/mol. The minimum atomic E-state index is -1.16. The summed E-state index contributed by atoms with van der Waals surface area (Å²) in [5.74, 6) is -0.727. The molecule has 0 radical (unpaired) electrons. The van der Waals surface area contributed by atoms with Crippen LogP contribution in [0.5, 0.6) is 0 Å². The van der Waals surface area contributed by atoms with Crippen LogP contribution in [0.25, 0.3) is 0 Å². The average Bonchev–Trinajstić information content (AvgIpc) is 2.47. The second-order valence-electron chi connectivity index (χ2n) is 2.54. The molecule has 1 aliphatic carbocycles. The van der Waals surface area contributed by atoms with Crippen molar-refractivity contribution in [1.82, 2.24) is 0 Å². The summed E-state index contributed by atoms with van der Waals surface area (Å²) in [6.07, 6.45) is 0.228. The van der Waals surface area contributed by atoms with Gasteiger partial charge < -0.3 is 16.6 Å². The van der Waals surface area contributed by atoms with Crippen molar-refractivity contribution >= 4 is 18.3 Å². The molecule has 1 fully saturated rings. The lowest BCUT2D eigenvalue weighted by Crippen LogP contribution is -2.46. The van der Waals surface area contributed by atoms with Gasteiger partial charge in [-0.1, -0.05) is 0 Å². The van der Waals surface area contributed by atoms with Crippen LogP contribution in [0.2, 0.25) is 0 Å². The number of aliphatic hydroxyl groups is 1. The summed E-state index contributed by atoms with van der Waals surface area (Å²) in [6.45, 7) is 0. The molecular formula is C5H11ClN2O2. The van der Waals surface area contributed by atoms with E-state index in [2.05, 4.69) is 0 Å². The molecule has 1 unspecified atom stereocenters. The average molecular weight is 167 g/mol. The zero-order valence-electron chi connectivity index (χ0n) is 5.41.